The summed E-state index contributed by atoms with van der Waals surface area (Å²) < 4.78 is 32.1. The minimum absolute atomic E-state index is 0.0122. The maximum absolute atomic E-state index is 16.9. The van der Waals surface area contributed by atoms with Gasteiger partial charge in [-0.2, -0.15) is 0 Å². The lowest BCUT2D eigenvalue weighted by atomic mass is 9.44. The summed E-state index contributed by atoms with van der Waals surface area (Å²) in [5, 5.41) is 31.3. The maximum atomic E-state index is 16.9. The molecule has 4 rings (SSSR count). The molecule has 29 heavy (non-hydrogen) atoms. The molecule has 0 spiro atoms. The van der Waals surface area contributed by atoms with Crippen LogP contribution in [0.4, 0.5) is 8.78 Å². The van der Waals surface area contributed by atoms with Gasteiger partial charge in [0.1, 0.15) is 18.4 Å². The summed E-state index contributed by atoms with van der Waals surface area (Å²) in [6.45, 7) is 2.19. The normalized spacial score (nSPS) is 51.5. The molecule has 8 heteroatoms. The van der Waals surface area contributed by atoms with Gasteiger partial charge in [0.15, 0.2) is 17.2 Å². The van der Waals surface area contributed by atoms with Crippen LogP contribution in [0.15, 0.2) is 22.8 Å². The minimum Gasteiger partial charge on any atom is -0.390 e. The Kier molecular flexibility index (Phi) is 4.50. The van der Waals surface area contributed by atoms with E-state index < -0.39 is 64.4 Å². The van der Waals surface area contributed by atoms with E-state index in [0.717, 1.165) is 6.08 Å². The zero-order valence-electron chi connectivity index (χ0n) is 16.3. The van der Waals surface area contributed by atoms with Crippen LogP contribution in [0.3, 0.4) is 0 Å². The topological polar surface area (TPSA) is 94.8 Å². The van der Waals surface area contributed by atoms with Crippen LogP contribution in [0, 0.1) is 22.7 Å². The number of hydrogen-bond acceptors (Lipinski definition) is 5. The smallest absolute Gasteiger partial charge is 0.196 e. The summed E-state index contributed by atoms with van der Waals surface area (Å²) in [6.07, 6.45) is -1.22. The van der Waals surface area contributed by atoms with Gasteiger partial charge in [-0.25, -0.2) is 8.78 Å². The van der Waals surface area contributed by atoms with E-state index in [0.29, 0.717) is 0 Å². The number of aliphatic hydroxyl groups excluding tert-OH is 2. The van der Waals surface area contributed by atoms with Gasteiger partial charge < -0.3 is 15.3 Å². The van der Waals surface area contributed by atoms with Gasteiger partial charge in [-0.15, -0.1) is 0 Å². The number of alkyl halides is 2. The van der Waals surface area contributed by atoms with E-state index in [1.807, 2.05) is 0 Å². The molecular weight excluding hydrogens is 406 g/mol. The van der Waals surface area contributed by atoms with Gasteiger partial charge in [-0.3, -0.25) is 9.59 Å². The van der Waals surface area contributed by atoms with E-state index in [4.69, 9.17) is 11.6 Å². The van der Waals surface area contributed by atoms with E-state index in [-0.39, 0.29) is 36.3 Å². The van der Waals surface area contributed by atoms with Crippen molar-refractivity contribution in [3.05, 3.63) is 22.8 Å². The van der Waals surface area contributed by atoms with Crippen LogP contribution in [0.1, 0.15) is 39.5 Å². The highest BCUT2D eigenvalue weighted by atomic mass is 35.5. The van der Waals surface area contributed by atoms with E-state index in [1.165, 1.54) is 13.0 Å². The molecule has 0 heterocycles. The second-order valence-corrected chi connectivity index (χ2v) is 9.87. The van der Waals surface area contributed by atoms with Crippen molar-refractivity contribution in [3.63, 3.8) is 0 Å². The van der Waals surface area contributed by atoms with Crippen molar-refractivity contribution in [2.45, 2.75) is 63.1 Å². The third kappa shape index (κ3) is 2.30. The van der Waals surface area contributed by atoms with Gasteiger partial charge >= 0.3 is 0 Å². The molecule has 0 amide bonds. The van der Waals surface area contributed by atoms with Crippen molar-refractivity contribution in [3.8, 4) is 0 Å². The first-order valence-electron chi connectivity index (χ1n) is 9.89. The largest absolute Gasteiger partial charge is 0.390 e. The predicted octanol–water partition coefficient (Wildman–Crippen LogP) is 2.16. The molecule has 0 aromatic heterocycles. The molecular formula is C21H25ClF2O5. The molecule has 4 aliphatic rings. The van der Waals surface area contributed by atoms with Crippen LogP contribution >= 0.6 is 11.6 Å². The number of rotatable bonds is 2. The zero-order valence-corrected chi connectivity index (χ0v) is 17.0. The van der Waals surface area contributed by atoms with Gasteiger partial charge in [0.25, 0.3) is 0 Å². The van der Waals surface area contributed by atoms with E-state index in [2.05, 4.69) is 0 Å². The molecule has 0 aromatic carbocycles. The summed E-state index contributed by atoms with van der Waals surface area (Å²) in [6, 6.07) is 0. The molecule has 3 N–H and O–H groups in total. The van der Waals surface area contributed by atoms with Gasteiger partial charge in [-0.1, -0.05) is 18.5 Å². The Morgan fingerprint density at radius 3 is 2.62 bits per heavy atom. The molecule has 0 radical (unpaired) electrons. The summed E-state index contributed by atoms with van der Waals surface area (Å²) in [4.78, 5) is 24.3. The molecule has 3 fully saturated rings. The fourth-order valence-electron chi connectivity index (χ4n) is 6.85. The Balaban J connectivity index is 1.86. The van der Waals surface area contributed by atoms with Gasteiger partial charge in [0.2, 0.25) is 0 Å². The monoisotopic (exact) mass is 430 g/mol. The van der Waals surface area contributed by atoms with Gasteiger partial charge in [0.05, 0.1) is 11.1 Å². The van der Waals surface area contributed by atoms with Crippen molar-refractivity contribution in [1.82, 2.24) is 0 Å². The molecule has 0 bridgehead atoms. The number of Topliss-reactive ketones (excluding diaryl/α,β-unsaturated/α-hetero) is 1. The maximum Gasteiger partial charge on any atom is 0.196 e. The van der Waals surface area contributed by atoms with E-state index >= 15 is 8.78 Å². The molecule has 5 nitrogen and oxygen atoms in total. The van der Waals surface area contributed by atoms with Crippen LogP contribution in [0.25, 0.3) is 0 Å². The molecule has 0 aromatic rings. The molecule has 0 aliphatic heterocycles. The van der Waals surface area contributed by atoms with Crippen molar-refractivity contribution >= 4 is 23.2 Å². The van der Waals surface area contributed by atoms with Gasteiger partial charge in [0, 0.05) is 16.7 Å². The molecule has 0 unspecified atom stereocenters. The quantitative estimate of drug-likeness (QED) is 0.624. The molecule has 0 saturated heterocycles. The van der Waals surface area contributed by atoms with Crippen molar-refractivity contribution < 1.29 is 33.7 Å². The Morgan fingerprint density at radius 2 is 2.00 bits per heavy atom. The van der Waals surface area contributed by atoms with E-state index in [1.54, 1.807) is 6.92 Å². The molecule has 4 aliphatic carbocycles. The first-order chi connectivity index (χ1) is 13.4. The average molecular weight is 431 g/mol. The van der Waals surface area contributed by atoms with Crippen LogP contribution in [-0.2, 0) is 9.59 Å². The average Bonchev–Trinajstić information content (AvgIpc) is 2.91. The molecule has 3 saturated carbocycles. The Hall–Kier alpha value is -1.15. The number of carbonyl (C=O) groups is 2. The highest BCUT2D eigenvalue weighted by Crippen LogP contribution is 2.70. The Labute approximate surface area is 172 Å². The van der Waals surface area contributed by atoms with Gasteiger partial charge in [-0.05, 0) is 56.3 Å². The molecule has 8 atom stereocenters. The number of carbonyl (C=O) groups excluding carboxylic acids is 2. The zero-order chi connectivity index (χ0) is 21.6. The number of fused-ring (bicyclic) bond motifs is 5. The minimum atomic E-state index is -2.32. The fourth-order valence-corrected chi connectivity index (χ4v) is 7.12. The lowest BCUT2D eigenvalue weighted by Gasteiger charge is -2.63. The number of allylic oxidation sites excluding steroid dienone is 4. The van der Waals surface area contributed by atoms with Crippen molar-refractivity contribution in [2.24, 2.45) is 22.7 Å². The number of halogens is 3. The van der Waals surface area contributed by atoms with Crippen LogP contribution in [-0.4, -0.2) is 57.0 Å². The summed E-state index contributed by atoms with van der Waals surface area (Å²) in [7, 11) is 0. The number of aliphatic hydroxyl groups is 3. The molecule has 160 valence electrons. The number of ketones is 2. The standard InChI is InChI=1S/C21H25ClF2O5/c1-18-8-16(27)21(24)11(10(18)3-4-20(18,29)17(28)9-25)5-14(23)12-6-15(26)13(22)7-19(12,21)2/h6-7,10-11,14,16,25,27,29H,3-5,8-9H2,1-2H3/t10-,11-,14+,16-,18-,19-,20-,21-/m0/s1. The Morgan fingerprint density at radius 1 is 1.34 bits per heavy atom. The van der Waals surface area contributed by atoms with Crippen molar-refractivity contribution in [1.29, 1.82) is 0 Å². The second kappa shape index (κ2) is 6.19. The summed E-state index contributed by atoms with van der Waals surface area (Å²) in [5.41, 5.74) is -7.09. The first kappa shape index (κ1) is 21.1. The number of hydrogen-bond donors (Lipinski definition) is 3. The van der Waals surface area contributed by atoms with Crippen LogP contribution < -0.4 is 0 Å². The fraction of sp³-hybridized carbons (Fsp3) is 0.714. The highest BCUT2D eigenvalue weighted by molar-refractivity contribution is 6.44. The predicted molar refractivity (Wildman–Crippen MR) is 100 cm³/mol. The van der Waals surface area contributed by atoms with Crippen LogP contribution in [0.2, 0.25) is 0 Å². The van der Waals surface area contributed by atoms with E-state index in [9.17, 15) is 24.9 Å². The highest BCUT2D eigenvalue weighted by Gasteiger charge is 2.75. The first-order valence-corrected chi connectivity index (χ1v) is 10.3. The lowest BCUT2D eigenvalue weighted by molar-refractivity contribution is -0.222. The Bertz CT molecular complexity index is 858. The summed E-state index contributed by atoms with van der Waals surface area (Å²) >= 11 is 5.99. The lowest BCUT2D eigenvalue weighted by Crippen LogP contribution is -2.70. The summed E-state index contributed by atoms with van der Waals surface area (Å²) in [5.74, 6) is -2.95. The van der Waals surface area contributed by atoms with Crippen molar-refractivity contribution in [2.75, 3.05) is 6.61 Å². The third-order valence-corrected chi connectivity index (χ3v) is 8.74. The van der Waals surface area contributed by atoms with Crippen LogP contribution in [0.5, 0.6) is 0 Å². The SMILES string of the molecule is C[C@]12C=C(Cl)C(=O)C=C1[C@H](F)C[C@H]1[C@@H]3CC[C@](O)(C(=O)CO)[C@@]3(C)C[C@H](O)[C@@]12F. The second-order valence-electron chi connectivity index (χ2n) is 9.46. The third-order valence-electron chi connectivity index (χ3n) is 8.44.